The third-order valence-corrected chi connectivity index (χ3v) is 4.46. The van der Waals surface area contributed by atoms with Crippen LogP contribution in [0.2, 0.25) is 0 Å². The van der Waals surface area contributed by atoms with Crippen LogP contribution in [0.4, 0.5) is 0 Å². The molecule has 6 nitrogen and oxygen atoms in total. The summed E-state index contributed by atoms with van der Waals surface area (Å²) in [5, 5.41) is 20.8. The Balaban J connectivity index is 1.44. The highest BCUT2D eigenvalue weighted by Crippen LogP contribution is 2.17. The molecule has 0 radical (unpaired) electrons. The monoisotopic (exact) mass is 374 g/mol. The lowest BCUT2D eigenvalue weighted by molar-refractivity contribution is -0.134. The number of aliphatic hydroxyl groups excluding tert-OH is 2. The average Bonchev–Trinajstić information content (AvgIpc) is 2.84. The number of ether oxygens (including phenoxy) is 4. The number of aliphatic hydroxyl groups is 2. The molecule has 0 bridgehead atoms. The van der Waals surface area contributed by atoms with E-state index in [0.717, 1.165) is 11.1 Å². The van der Waals surface area contributed by atoms with Gasteiger partial charge in [0.1, 0.15) is 31.2 Å². The van der Waals surface area contributed by atoms with Crippen molar-refractivity contribution >= 4 is 0 Å². The summed E-state index contributed by atoms with van der Waals surface area (Å²) in [6, 6.07) is 19.5. The van der Waals surface area contributed by atoms with E-state index < -0.39 is 24.4 Å². The van der Waals surface area contributed by atoms with Crippen molar-refractivity contribution in [3.05, 3.63) is 71.8 Å². The molecule has 1 aliphatic heterocycles. The molecule has 1 saturated heterocycles. The number of hydrogen-bond donors (Lipinski definition) is 2. The third-order valence-electron chi connectivity index (χ3n) is 4.46. The van der Waals surface area contributed by atoms with E-state index in [-0.39, 0.29) is 20.0 Å². The van der Waals surface area contributed by atoms with Crippen molar-refractivity contribution < 1.29 is 29.2 Å². The molecule has 0 aliphatic carbocycles. The van der Waals surface area contributed by atoms with Crippen LogP contribution in [-0.2, 0) is 32.2 Å². The molecule has 2 aromatic carbocycles. The first kappa shape index (κ1) is 19.9. The van der Waals surface area contributed by atoms with Crippen LogP contribution in [0.25, 0.3) is 0 Å². The SMILES string of the molecule is O[C@H]1[C@H](O)[C@@H](COCc2ccccc2)OCO[C@@H]1COCc1ccccc1. The van der Waals surface area contributed by atoms with Crippen LogP contribution in [0, 0.1) is 0 Å². The number of benzene rings is 2. The molecule has 0 saturated carbocycles. The van der Waals surface area contributed by atoms with Gasteiger partial charge in [0.15, 0.2) is 0 Å². The summed E-state index contributed by atoms with van der Waals surface area (Å²) in [6.07, 6.45) is -3.56. The molecule has 27 heavy (non-hydrogen) atoms. The minimum atomic E-state index is -1.12. The number of hydrogen-bond acceptors (Lipinski definition) is 6. The summed E-state index contributed by atoms with van der Waals surface area (Å²) >= 11 is 0. The highest BCUT2D eigenvalue weighted by atomic mass is 16.7. The summed E-state index contributed by atoms with van der Waals surface area (Å²) < 4.78 is 22.3. The Bertz CT molecular complexity index is 593. The van der Waals surface area contributed by atoms with Crippen LogP contribution in [0.1, 0.15) is 11.1 Å². The summed E-state index contributed by atoms with van der Waals surface area (Å²) in [5.41, 5.74) is 2.06. The van der Waals surface area contributed by atoms with Crippen molar-refractivity contribution in [2.24, 2.45) is 0 Å². The minimum Gasteiger partial charge on any atom is -0.387 e. The zero-order chi connectivity index (χ0) is 18.9. The van der Waals surface area contributed by atoms with Crippen LogP contribution in [-0.4, -0.2) is 54.6 Å². The topological polar surface area (TPSA) is 77.4 Å². The van der Waals surface area contributed by atoms with Crippen LogP contribution in [0.5, 0.6) is 0 Å². The molecule has 6 heteroatoms. The van der Waals surface area contributed by atoms with E-state index in [1.807, 2.05) is 60.7 Å². The molecule has 2 aromatic rings. The molecule has 1 fully saturated rings. The summed E-state index contributed by atoms with van der Waals surface area (Å²) in [7, 11) is 0. The first-order valence-corrected chi connectivity index (χ1v) is 9.06. The number of rotatable bonds is 8. The van der Waals surface area contributed by atoms with Gasteiger partial charge in [-0.15, -0.1) is 0 Å². The van der Waals surface area contributed by atoms with E-state index in [4.69, 9.17) is 18.9 Å². The van der Waals surface area contributed by atoms with Crippen LogP contribution < -0.4 is 0 Å². The van der Waals surface area contributed by atoms with E-state index in [1.54, 1.807) is 0 Å². The maximum Gasteiger partial charge on any atom is 0.147 e. The molecule has 0 aromatic heterocycles. The van der Waals surface area contributed by atoms with E-state index in [2.05, 4.69) is 0 Å². The Hall–Kier alpha value is -1.80. The Morgan fingerprint density at radius 2 is 1.11 bits per heavy atom. The fourth-order valence-electron chi connectivity index (χ4n) is 2.88. The van der Waals surface area contributed by atoms with E-state index >= 15 is 0 Å². The Kier molecular flexibility index (Phi) is 7.77. The van der Waals surface area contributed by atoms with Gasteiger partial charge in [0.2, 0.25) is 0 Å². The summed E-state index contributed by atoms with van der Waals surface area (Å²) in [4.78, 5) is 0. The minimum absolute atomic E-state index is 0.0349. The quantitative estimate of drug-likeness (QED) is 0.735. The van der Waals surface area contributed by atoms with Gasteiger partial charge in [-0.2, -0.15) is 0 Å². The second-order valence-electron chi connectivity index (χ2n) is 6.51. The van der Waals surface area contributed by atoms with Crippen LogP contribution >= 0.6 is 0 Å². The molecule has 146 valence electrons. The van der Waals surface area contributed by atoms with Crippen molar-refractivity contribution in [3.8, 4) is 0 Å². The maximum atomic E-state index is 10.4. The maximum absolute atomic E-state index is 10.4. The van der Waals surface area contributed by atoms with Gasteiger partial charge in [-0.1, -0.05) is 60.7 Å². The first-order chi connectivity index (χ1) is 13.2. The smallest absolute Gasteiger partial charge is 0.147 e. The third kappa shape index (κ3) is 6.10. The zero-order valence-electron chi connectivity index (χ0n) is 15.1. The molecule has 4 atom stereocenters. The largest absolute Gasteiger partial charge is 0.387 e. The van der Waals surface area contributed by atoms with Gasteiger partial charge >= 0.3 is 0 Å². The predicted octanol–water partition coefficient (Wildman–Crippen LogP) is 1.88. The molecule has 0 amide bonds. The molecular weight excluding hydrogens is 348 g/mol. The lowest BCUT2D eigenvalue weighted by Gasteiger charge is -2.26. The van der Waals surface area contributed by atoms with Crippen molar-refractivity contribution in [2.75, 3.05) is 20.0 Å². The van der Waals surface area contributed by atoms with E-state index in [0.29, 0.717) is 13.2 Å². The lowest BCUT2D eigenvalue weighted by Crippen LogP contribution is -2.46. The second kappa shape index (κ2) is 10.5. The van der Waals surface area contributed by atoms with Gasteiger partial charge in [0.05, 0.1) is 26.4 Å². The van der Waals surface area contributed by atoms with Crippen LogP contribution in [0.15, 0.2) is 60.7 Å². The fraction of sp³-hybridized carbons (Fsp3) is 0.429. The molecule has 1 heterocycles. The van der Waals surface area contributed by atoms with Gasteiger partial charge in [-0.3, -0.25) is 0 Å². The summed E-state index contributed by atoms with van der Waals surface area (Å²) in [5.74, 6) is 0. The van der Waals surface area contributed by atoms with Gasteiger partial charge < -0.3 is 29.2 Å². The standard InChI is InChI=1S/C21H26O6/c22-20-18(13-24-11-16-7-3-1-4-8-16)26-15-27-19(21(20)23)14-25-12-17-9-5-2-6-10-17/h1-10,18-23H,11-15H2/t18-,19-,20-,21-/m1/s1. The molecular formula is C21H26O6. The Morgan fingerprint density at radius 3 is 1.52 bits per heavy atom. The predicted molar refractivity (Wildman–Crippen MR) is 98.8 cm³/mol. The van der Waals surface area contributed by atoms with Crippen molar-refractivity contribution in [3.63, 3.8) is 0 Å². The van der Waals surface area contributed by atoms with E-state index in [1.165, 1.54) is 0 Å². The molecule has 3 rings (SSSR count). The molecule has 0 unspecified atom stereocenters. The Morgan fingerprint density at radius 1 is 0.704 bits per heavy atom. The summed E-state index contributed by atoms with van der Waals surface area (Å²) in [6.45, 7) is 1.11. The zero-order valence-corrected chi connectivity index (χ0v) is 15.1. The molecule has 1 aliphatic rings. The fourth-order valence-corrected chi connectivity index (χ4v) is 2.88. The van der Waals surface area contributed by atoms with Crippen LogP contribution in [0.3, 0.4) is 0 Å². The highest BCUT2D eigenvalue weighted by Gasteiger charge is 2.37. The van der Waals surface area contributed by atoms with Crippen molar-refractivity contribution in [2.45, 2.75) is 37.6 Å². The normalized spacial score (nSPS) is 25.9. The lowest BCUT2D eigenvalue weighted by atomic mass is 10.0. The van der Waals surface area contributed by atoms with Gasteiger partial charge in [-0.05, 0) is 11.1 Å². The van der Waals surface area contributed by atoms with Gasteiger partial charge in [-0.25, -0.2) is 0 Å². The van der Waals surface area contributed by atoms with Gasteiger partial charge in [0, 0.05) is 0 Å². The highest BCUT2D eigenvalue weighted by molar-refractivity contribution is 5.14. The molecule has 0 spiro atoms. The van der Waals surface area contributed by atoms with Crippen molar-refractivity contribution in [1.82, 2.24) is 0 Å². The second-order valence-corrected chi connectivity index (χ2v) is 6.51. The average molecular weight is 374 g/mol. The molecule has 2 N–H and O–H groups in total. The van der Waals surface area contributed by atoms with E-state index in [9.17, 15) is 10.2 Å². The Labute approximate surface area is 159 Å². The van der Waals surface area contributed by atoms with Crippen molar-refractivity contribution in [1.29, 1.82) is 0 Å². The van der Waals surface area contributed by atoms with Gasteiger partial charge in [0.25, 0.3) is 0 Å². The first-order valence-electron chi connectivity index (χ1n) is 9.06.